The minimum Gasteiger partial charge on any atom is -0.497 e. The van der Waals surface area contributed by atoms with Crippen LogP contribution in [0.15, 0.2) is 30.3 Å². The molecule has 0 spiro atoms. The zero-order chi connectivity index (χ0) is 18.0. The molecule has 0 fully saturated rings. The van der Waals surface area contributed by atoms with Crippen LogP contribution in [-0.2, 0) is 0 Å². The van der Waals surface area contributed by atoms with Crippen LogP contribution < -0.4 is 20.3 Å². The summed E-state index contributed by atoms with van der Waals surface area (Å²) in [7, 11) is 2.94. The summed E-state index contributed by atoms with van der Waals surface area (Å²) in [5, 5.41) is 0.223. The van der Waals surface area contributed by atoms with Crippen molar-refractivity contribution in [3.8, 4) is 11.5 Å². The van der Waals surface area contributed by atoms with Gasteiger partial charge in [0.25, 0.3) is 5.91 Å². The highest BCUT2D eigenvalue weighted by molar-refractivity contribution is 7.22. The highest BCUT2D eigenvalue weighted by Crippen LogP contribution is 2.28. The summed E-state index contributed by atoms with van der Waals surface area (Å²) >= 11 is 1.01. The van der Waals surface area contributed by atoms with Crippen LogP contribution >= 0.6 is 11.3 Å². The highest BCUT2D eigenvalue weighted by atomic mass is 32.1. The fraction of sp³-hybridized carbons (Fsp3) is 0.125. The summed E-state index contributed by atoms with van der Waals surface area (Å²) < 4.78 is 37.4. The molecule has 2 N–H and O–H groups in total. The smallest absolute Gasteiger partial charge is 0.273 e. The van der Waals surface area contributed by atoms with Gasteiger partial charge in [0.1, 0.15) is 22.8 Å². The number of methoxy groups -OCH3 is 2. The molecule has 0 aliphatic rings. The summed E-state index contributed by atoms with van der Waals surface area (Å²) in [6.45, 7) is 0. The standard InChI is InChI=1S/C16H13F2N3O3S/c1-23-9-3-4-10(12(7-9)24-2)15(22)20-21-16-19-14-11(18)5-8(17)6-13(14)25-16/h3-7H,1-2H3,(H,19,21)(H,20,22). The average Bonchev–Trinajstić information content (AvgIpc) is 3.02. The lowest BCUT2D eigenvalue weighted by atomic mass is 10.2. The predicted molar refractivity (Wildman–Crippen MR) is 90.2 cm³/mol. The summed E-state index contributed by atoms with van der Waals surface area (Å²) in [4.78, 5) is 16.3. The Morgan fingerprint density at radius 3 is 2.68 bits per heavy atom. The molecule has 0 saturated carbocycles. The molecule has 0 bridgehead atoms. The quantitative estimate of drug-likeness (QED) is 0.679. The maximum absolute atomic E-state index is 13.7. The minimum absolute atomic E-state index is 0.0326. The number of benzene rings is 2. The number of halogens is 2. The van der Waals surface area contributed by atoms with Gasteiger partial charge in [-0.05, 0) is 18.2 Å². The van der Waals surface area contributed by atoms with Gasteiger partial charge in [0.05, 0.1) is 24.5 Å². The van der Waals surface area contributed by atoms with Crippen molar-refractivity contribution in [3.63, 3.8) is 0 Å². The zero-order valence-electron chi connectivity index (χ0n) is 13.2. The van der Waals surface area contributed by atoms with E-state index in [1.54, 1.807) is 18.2 Å². The summed E-state index contributed by atoms with van der Waals surface area (Å²) in [5.74, 6) is -1.05. The minimum atomic E-state index is -0.762. The number of anilines is 1. The van der Waals surface area contributed by atoms with E-state index in [1.807, 2.05) is 0 Å². The molecule has 0 saturated heterocycles. The van der Waals surface area contributed by atoms with Crippen molar-refractivity contribution < 1.29 is 23.0 Å². The molecular formula is C16H13F2N3O3S. The molecule has 1 amide bonds. The van der Waals surface area contributed by atoms with Crippen LogP contribution in [-0.4, -0.2) is 25.1 Å². The van der Waals surface area contributed by atoms with Crippen LogP contribution in [0.2, 0.25) is 0 Å². The van der Waals surface area contributed by atoms with Gasteiger partial charge < -0.3 is 9.47 Å². The number of carbonyl (C=O) groups excluding carboxylic acids is 1. The van der Waals surface area contributed by atoms with Crippen molar-refractivity contribution >= 4 is 32.6 Å². The fourth-order valence-electron chi connectivity index (χ4n) is 2.17. The fourth-order valence-corrected chi connectivity index (χ4v) is 3.03. The molecule has 0 radical (unpaired) electrons. The lowest BCUT2D eigenvalue weighted by molar-refractivity contribution is 0.0959. The normalized spacial score (nSPS) is 10.6. The number of hydrogen-bond donors (Lipinski definition) is 2. The summed E-state index contributed by atoms with van der Waals surface area (Å²) in [5.41, 5.74) is 5.34. The van der Waals surface area contributed by atoms with Gasteiger partial charge in [0.2, 0.25) is 5.13 Å². The van der Waals surface area contributed by atoms with E-state index < -0.39 is 17.5 Å². The number of fused-ring (bicyclic) bond motifs is 1. The van der Waals surface area contributed by atoms with Crippen LogP contribution in [0, 0.1) is 11.6 Å². The molecule has 9 heteroatoms. The lowest BCUT2D eigenvalue weighted by Gasteiger charge is -2.10. The van der Waals surface area contributed by atoms with Crippen LogP contribution in [0.1, 0.15) is 10.4 Å². The predicted octanol–water partition coefficient (Wildman–Crippen LogP) is 3.35. The number of thiazole rings is 1. The first kappa shape index (κ1) is 16.9. The SMILES string of the molecule is COc1ccc(C(=O)NNc2nc3c(F)cc(F)cc3s2)c(OC)c1. The van der Waals surface area contributed by atoms with Gasteiger partial charge in [-0.3, -0.25) is 15.6 Å². The van der Waals surface area contributed by atoms with E-state index in [1.165, 1.54) is 20.3 Å². The molecule has 3 rings (SSSR count). The van der Waals surface area contributed by atoms with E-state index in [0.717, 1.165) is 17.4 Å². The van der Waals surface area contributed by atoms with Crippen molar-refractivity contribution in [1.29, 1.82) is 0 Å². The molecule has 0 aliphatic carbocycles. The second-order valence-corrected chi connectivity index (χ2v) is 5.93. The van der Waals surface area contributed by atoms with E-state index >= 15 is 0 Å². The Bertz CT molecular complexity index is 946. The highest BCUT2D eigenvalue weighted by Gasteiger charge is 2.15. The van der Waals surface area contributed by atoms with Crippen molar-refractivity contribution in [2.45, 2.75) is 0 Å². The summed E-state index contributed by atoms with van der Waals surface area (Å²) in [6, 6.07) is 6.67. The first-order chi connectivity index (χ1) is 12.0. The number of nitrogens with one attached hydrogen (secondary N) is 2. The van der Waals surface area contributed by atoms with Gasteiger partial charge in [-0.15, -0.1) is 0 Å². The van der Waals surface area contributed by atoms with Crippen LogP contribution in [0.25, 0.3) is 10.2 Å². The average molecular weight is 365 g/mol. The Kier molecular flexibility index (Phi) is 4.66. The number of amides is 1. The summed E-state index contributed by atoms with van der Waals surface area (Å²) in [6.07, 6.45) is 0. The Morgan fingerprint density at radius 2 is 1.96 bits per heavy atom. The molecule has 2 aromatic carbocycles. The molecule has 130 valence electrons. The topological polar surface area (TPSA) is 72.5 Å². The third-order valence-electron chi connectivity index (χ3n) is 3.35. The van der Waals surface area contributed by atoms with Crippen molar-refractivity contribution in [2.24, 2.45) is 0 Å². The molecule has 25 heavy (non-hydrogen) atoms. The molecule has 6 nitrogen and oxygen atoms in total. The zero-order valence-corrected chi connectivity index (χ0v) is 14.0. The molecule has 1 heterocycles. The number of hydrogen-bond acceptors (Lipinski definition) is 6. The Morgan fingerprint density at radius 1 is 1.16 bits per heavy atom. The second-order valence-electron chi connectivity index (χ2n) is 4.90. The molecule has 3 aromatic rings. The van der Waals surface area contributed by atoms with E-state index in [4.69, 9.17) is 9.47 Å². The Balaban J connectivity index is 1.77. The third kappa shape index (κ3) is 3.45. The first-order valence-corrected chi connectivity index (χ1v) is 7.87. The van der Waals surface area contributed by atoms with E-state index in [-0.39, 0.29) is 16.2 Å². The van der Waals surface area contributed by atoms with Crippen LogP contribution in [0.4, 0.5) is 13.9 Å². The largest absolute Gasteiger partial charge is 0.497 e. The van der Waals surface area contributed by atoms with Crippen LogP contribution in [0.3, 0.4) is 0 Å². The number of hydrazine groups is 1. The number of aromatic nitrogens is 1. The number of carbonyl (C=O) groups is 1. The van der Waals surface area contributed by atoms with Gasteiger partial charge >= 0.3 is 0 Å². The Labute approximate surface area is 145 Å². The lowest BCUT2D eigenvalue weighted by Crippen LogP contribution is -2.29. The maximum atomic E-state index is 13.7. The van der Waals surface area contributed by atoms with Gasteiger partial charge in [0.15, 0.2) is 5.82 Å². The monoisotopic (exact) mass is 365 g/mol. The number of ether oxygens (including phenoxy) is 2. The third-order valence-corrected chi connectivity index (χ3v) is 4.27. The Hall–Kier alpha value is -2.94. The second kappa shape index (κ2) is 6.89. The van der Waals surface area contributed by atoms with Crippen molar-refractivity contribution in [1.82, 2.24) is 10.4 Å². The molecule has 0 atom stereocenters. The molecule has 1 aromatic heterocycles. The first-order valence-electron chi connectivity index (χ1n) is 7.06. The van der Waals surface area contributed by atoms with Crippen LogP contribution in [0.5, 0.6) is 11.5 Å². The maximum Gasteiger partial charge on any atom is 0.273 e. The number of rotatable bonds is 5. The number of nitrogens with zero attached hydrogens (tertiary/aromatic N) is 1. The van der Waals surface area contributed by atoms with E-state index in [2.05, 4.69) is 15.8 Å². The van der Waals surface area contributed by atoms with Gasteiger partial charge in [-0.1, -0.05) is 11.3 Å². The van der Waals surface area contributed by atoms with Gasteiger partial charge in [-0.2, -0.15) is 0 Å². The molecule has 0 unspecified atom stereocenters. The molecule has 0 aliphatic heterocycles. The molecular weight excluding hydrogens is 352 g/mol. The van der Waals surface area contributed by atoms with Crippen molar-refractivity contribution in [3.05, 3.63) is 47.5 Å². The van der Waals surface area contributed by atoms with E-state index in [9.17, 15) is 13.6 Å². The van der Waals surface area contributed by atoms with Crippen molar-refractivity contribution in [2.75, 3.05) is 19.6 Å². The van der Waals surface area contributed by atoms with E-state index in [0.29, 0.717) is 16.2 Å². The van der Waals surface area contributed by atoms with Gasteiger partial charge in [0, 0.05) is 12.1 Å². The van der Waals surface area contributed by atoms with Gasteiger partial charge in [-0.25, -0.2) is 13.8 Å².